The summed E-state index contributed by atoms with van der Waals surface area (Å²) in [5.74, 6) is 0. The monoisotopic (exact) mass is 172 g/mol. The summed E-state index contributed by atoms with van der Waals surface area (Å²) in [6.07, 6.45) is 0.936. The Morgan fingerprint density at radius 2 is 1.92 bits per heavy atom. The molecule has 0 aromatic carbocycles. The van der Waals surface area contributed by atoms with Crippen LogP contribution in [0.25, 0.3) is 0 Å². The van der Waals surface area contributed by atoms with E-state index in [0.717, 1.165) is 13.0 Å². The smallest absolute Gasteiger partial charge is 0.324 e. The highest BCUT2D eigenvalue weighted by Gasteiger charge is 2.06. The molecule has 0 bridgehead atoms. The molecular formula is C8H18N3O. The van der Waals surface area contributed by atoms with Gasteiger partial charge in [0.1, 0.15) is 0 Å². The van der Waals surface area contributed by atoms with Crippen LogP contribution in [0.2, 0.25) is 0 Å². The molecule has 1 radical (unpaired) electrons. The van der Waals surface area contributed by atoms with Crippen LogP contribution in [0.3, 0.4) is 0 Å². The summed E-state index contributed by atoms with van der Waals surface area (Å²) in [6, 6.07) is -0.573. The van der Waals surface area contributed by atoms with Crippen LogP contribution in [0.4, 0.5) is 0 Å². The Morgan fingerprint density at radius 1 is 1.33 bits per heavy atom. The molecule has 0 saturated heterocycles. The third-order valence-electron chi connectivity index (χ3n) is 1.70. The predicted octanol–water partition coefficient (Wildman–Crippen LogP) is 0.625. The molecule has 0 aliphatic rings. The Balaban J connectivity index is 3.52. The van der Waals surface area contributed by atoms with E-state index in [9.17, 15) is 5.11 Å². The Bertz CT molecular complexity index is 136. The van der Waals surface area contributed by atoms with Crippen LogP contribution >= 0.6 is 0 Å². The Labute approximate surface area is 74.3 Å². The zero-order valence-corrected chi connectivity index (χ0v) is 8.13. The van der Waals surface area contributed by atoms with Crippen LogP contribution in [0.15, 0.2) is 0 Å². The number of hydrogen-bond donors (Lipinski definition) is 1. The van der Waals surface area contributed by atoms with Crippen molar-refractivity contribution in [1.82, 2.24) is 9.80 Å². The Kier molecular flexibility index (Phi) is 5.45. The number of nitrogens with zero attached hydrogens (tertiary/aromatic N) is 2. The largest absolute Gasteiger partial charge is 0.336 e. The van der Waals surface area contributed by atoms with E-state index in [1.165, 1.54) is 4.90 Å². The van der Waals surface area contributed by atoms with E-state index < -0.39 is 6.02 Å². The average molecular weight is 172 g/mol. The summed E-state index contributed by atoms with van der Waals surface area (Å²) in [4.78, 5) is 3.60. The van der Waals surface area contributed by atoms with Crippen molar-refractivity contribution >= 4 is 6.02 Å². The van der Waals surface area contributed by atoms with E-state index in [-0.39, 0.29) is 0 Å². The van der Waals surface area contributed by atoms with Crippen LogP contribution in [0.5, 0.6) is 0 Å². The molecule has 0 aromatic rings. The number of nitrogens with one attached hydrogen (secondary N) is 1. The molecule has 0 heterocycles. The molecule has 71 valence electrons. The number of rotatable bonds is 5. The van der Waals surface area contributed by atoms with Gasteiger partial charge in [-0.15, -0.1) is 0 Å². The van der Waals surface area contributed by atoms with E-state index >= 15 is 0 Å². The van der Waals surface area contributed by atoms with Crippen molar-refractivity contribution in [2.45, 2.75) is 13.3 Å². The van der Waals surface area contributed by atoms with Crippen LogP contribution in [0, 0.1) is 5.41 Å². The quantitative estimate of drug-likeness (QED) is 0.488. The lowest BCUT2D eigenvalue weighted by Gasteiger charge is -2.18. The van der Waals surface area contributed by atoms with Gasteiger partial charge in [-0.05, 0) is 34.0 Å². The minimum atomic E-state index is -0.573. The van der Waals surface area contributed by atoms with Gasteiger partial charge < -0.3 is 9.80 Å². The zero-order valence-electron chi connectivity index (χ0n) is 8.13. The molecule has 0 aromatic heterocycles. The highest BCUT2D eigenvalue weighted by molar-refractivity contribution is 5.67. The molecule has 0 atom stereocenters. The molecule has 4 heteroatoms. The molecule has 12 heavy (non-hydrogen) atoms. The average Bonchev–Trinajstić information content (AvgIpc) is 1.96. The molecule has 0 aliphatic heterocycles. The Hall–Kier alpha value is -0.770. The molecule has 0 unspecified atom stereocenters. The fourth-order valence-electron chi connectivity index (χ4n) is 0.981. The first-order chi connectivity index (χ1) is 5.57. The van der Waals surface area contributed by atoms with Crippen molar-refractivity contribution in [1.29, 1.82) is 5.41 Å². The molecule has 0 amide bonds. The highest BCUT2D eigenvalue weighted by atomic mass is 16.3. The van der Waals surface area contributed by atoms with Crippen molar-refractivity contribution in [2.75, 3.05) is 33.7 Å². The second-order valence-corrected chi connectivity index (χ2v) is 3.04. The molecular weight excluding hydrogens is 154 g/mol. The second kappa shape index (κ2) is 5.83. The molecule has 0 spiro atoms. The van der Waals surface area contributed by atoms with Crippen molar-refractivity contribution in [3.8, 4) is 0 Å². The summed E-state index contributed by atoms with van der Waals surface area (Å²) < 4.78 is 0. The topological polar surface area (TPSA) is 50.2 Å². The van der Waals surface area contributed by atoms with Gasteiger partial charge in [0.2, 0.25) is 0 Å². The maximum absolute atomic E-state index is 10.6. The minimum Gasteiger partial charge on any atom is -0.324 e. The first-order valence-electron chi connectivity index (χ1n) is 4.23. The van der Waals surface area contributed by atoms with Gasteiger partial charge >= 0.3 is 6.02 Å². The lowest BCUT2D eigenvalue weighted by atomic mass is 10.3. The standard InChI is InChI=1S/C8H18N3O/c1-4-11(8(9)12)7-5-6-10(2)3/h9H,4-7H2,1-3H3. The number of hydrogen-bond acceptors (Lipinski definition) is 2. The van der Waals surface area contributed by atoms with Crippen molar-refractivity contribution < 1.29 is 5.11 Å². The van der Waals surface area contributed by atoms with E-state index in [1.807, 2.05) is 21.0 Å². The fourth-order valence-corrected chi connectivity index (χ4v) is 0.981. The first-order valence-corrected chi connectivity index (χ1v) is 4.23. The molecule has 1 N–H and O–H groups in total. The van der Waals surface area contributed by atoms with E-state index in [2.05, 4.69) is 4.90 Å². The summed E-state index contributed by atoms with van der Waals surface area (Å²) >= 11 is 0. The molecule has 0 aliphatic carbocycles. The summed E-state index contributed by atoms with van der Waals surface area (Å²) in [6.45, 7) is 4.18. The normalized spacial score (nSPS) is 10.3. The maximum Gasteiger partial charge on any atom is 0.336 e. The SMILES string of the molecule is CCN(CCCN(C)C)C(=N)[O]. The van der Waals surface area contributed by atoms with E-state index in [4.69, 9.17) is 5.41 Å². The van der Waals surface area contributed by atoms with Gasteiger partial charge in [-0.1, -0.05) is 0 Å². The van der Waals surface area contributed by atoms with Crippen LogP contribution < -0.4 is 0 Å². The van der Waals surface area contributed by atoms with Crippen LogP contribution in [0.1, 0.15) is 13.3 Å². The van der Waals surface area contributed by atoms with Crippen LogP contribution in [-0.2, 0) is 5.11 Å². The summed E-state index contributed by atoms with van der Waals surface area (Å²) in [5, 5.41) is 17.5. The van der Waals surface area contributed by atoms with E-state index in [0.29, 0.717) is 13.1 Å². The van der Waals surface area contributed by atoms with Crippen molar-refractivity contribution in [2.24, 2.45) is 0 Å². The molecule has 0 saturated carbocycles. The van der Waals surface area contributed by atoms with Gasteiger partial charge in [0.15, 0.2) is 0 Å². The van der Waals surface area contributed by atoms with Gasteiger partial charge in [-0.3, -0.25) is 0 Å². The van der Waals surface area contributed by atoms with Crippen molar-refractivity contribution in [3.63, 3.8) is 0 Å². The van der Waals surface area contributed by atoms with Gasteiger partial charge in [0.05, 0.1) is 0 Å². The van der Waals surface area contributed by atoms with Gasteiger partial charge in [-0.2, -0.15) is 0 Å². The molecule has 4 nitrogen and oxygen atoms in total. The van der Waals surface area contributed by atoms with Crippen molar-refractivity contribution in [3.05, 3.63) is 0 Å². The van der Waals surface area contributed by atoms with Gasteiger partial charge in [0.25, 0.3) is 0 Å². The maximum atomic E-state index is 10.6. The summed E-state index contributed by atoms with van der Waals surface area (Å²) in [5.41, 5.74) is 0. The highest BCUT2D eigenvalue weighted by Crippen LogP contribution is 1.92. The molecule has 0 fully saturated rings. The van der Waals surface area contributed by atoms with Crippen LogP contribution in [-0.4, -0.2) is 49.6 Å². The fraction of sp³-hybridized carbons (Fsp3) is 0.875. The second-order valence-electron chi connectivity index (χ2n) is 3.04. The lowest BCUT2D eigenvalue weighted by Crippen LogP contribution is -2.31. The first kappa shape index (κ1) is 11.2. The Morgan fingerprint density at radius 3 is 2.25 bits per heavy atom. The minimum absolute atomic E-state index is 0.573. The summed E-state index contributed by atoms with van der Waals surface area (Å²) in [7, 11) is 4.00. The third-order valence-corrected chi connectivity index (χ3v) is 1.70. The van der Waals surface area contributed by atoms with Gasteiger partial charge in [0, 0.05) is 13.1 Å². The van der Waals surface area contributed by atoms with Gasteiger partial charge in [-0.25, -0.2) is 10.5 Å². The van der Waals surface area contributed by atoms with E-state index in [1.54, 1.807) is 0 Å². The zero-order chi connectivity index (χ0) is 9.56. The third kappa shape index (κ3) is 4.96. The molecule has 0 rings (SSSR count). The number of amidine groups is 1. The lowest BCUT2D eigenvalue weighted by molar-refractivity contribution is 0.273. The predicted molar refractivity (Wildman–Crippen MR) is 48.8 cm³/mol.